The van der Waals surface area contributed by atoms with Gasteiger partial charge < -0.3 is 15.5 Å². The molecule has 0 fully saturated rings. The van der Waals surface area contributed by atoms with Gasteiger partial charge >= 0.3 is 0 Å². The van der Waals surface area contributed by atoms with Gasteiger partial charge in [-0.1, -0.05) is 51.5 Å². The van der Waals surface area contributed by atoms with Crippen molar-refractivity contribution in [3.8, 4) is 0 Å². The van der Waals surface area contributed by atoms with Crippen LogP contribution in [0.4, 0.5) is 0 Å². The molecule has 0 saturated carbocycles. The molecule has 0 aromatic heterocycles. The molecule has 0 unspecified atom stereocenters. The maximum Gasteiger partial charge on any atom is 0.239 e. The van der Waals surface area contributed by atoms with Gasteiger partial charge in [-0.15, -0.1) is 0 Å². The van der Waals surface area contributed by atoms with E-state index in [0.717, 1.165) is 12.8 Å². The van der Waals surface area contributed by atoms with Crippen LogP contribution >= 0.6 is 0 Å². The lowest BCUT2D eigenvalue weighted by atomic mass is 9.94. The summed E-state index contributed by atoms with van der Waals surface area (Å²) in [5.41, 5.74) is 2.52. The number of benzene rings is 1. The average molecular weight is 333 g/mol. The molecule has 5 heteroatoms. The summed E-state index contributed by atoms with van der Waals surface area (Å²) < 4.78 is 0. The molecule has 0 saturated heterocycles. The lowest BCUT2D eigenvalue weighted by molar-refractivity contribution is -0.134. The number of carbonyl (C=O) groups is 2. The van der Waals surface area contributed by atoms with Gasteiger partial charge in [0.05, 0.1) is 13.1 Å². The molecule has 2 N–H and O–H groups in total. The van der Waals surface area contributed by atoms with E-state index in [0.29, 0.717) is 5.92 Å². The van der Waals surface area contributed by atoms with Crippen LogP contribution in [0.3, 0.4) is 0 Å². The summed E-state index contributed by atoms with van der Waals surface area (Å²) in [6.07, 6.45) is 2.22. The van der Waals surface area contributed by atoms with E-state index in [-0.39, 0.29) is 30.9 Å². The molecule has 0 heterocycles. The van der Waals surface area contributed by atoms with Crippen LogP contribution in [-0.2, 0) is 16.0 Å². The Morgan fingerprint density at radius 2 is 1.79 bits per heavy atom. The summed E-state index contributed by atoms with van der Waals surface area (Å²) in [4.78, 5) is 25.0. The molecule has 0 spiro atoms. The Hall–Kier alpha value is -1.88. The number of aryl methyl sites for hydroxylation is 1. The second-order valence-corrected chi connectivity index (χ2v) is 6.52. The molecule has 0 radical (unpaired) electrons. The quantitative estimate of drug-likeness (QED) is 0.728. The van der Waals surface area contributed by atoms with Gasteiger partial charge in [0, 0.05) is 20.1 Å². The second kappa shape index (κ2) is 10.1. The van der Waals surface area contributed by atoms with Crippen LogP contribution in [0, 0.1) is 5.92 Å². The van der Waals surface area contributed by atoms with Crippen molar-refractivity contribution in [2.75, 3.05) is 27.2 Å². The van der Waals surface area contributed by atoms with Gasteiger partial charge in [-0.05, 0) is 23.5 Å². The van der Waals surface area contributed by atoms with Gasteiger partial charge in [0.15, 0.2) is 0 Å². The van der Waals surface area contributed by atoms with Gasteiger partial charge in [-0.2, -0.15) is 0 Å². The van der Waals surface area contributed by atoms with Crippen LogP contribution < -0.4 is 10.6 Å². The van der Waals surface area contributed by atoms with Crippen molar-refractivity contribution < 1.29 is 9.59 Å². The largest absolute Gasteiger partial charge is 0.358 e. The fraction of sp³-hybridized carbons (Fsp3) is 0.579. The minimum absolute atomic E-state index is 0.0784. The van der Waals surface area contributed by atoms with Crippen LogP contribution in [0.2, 0.25) is 0 Å². The molecule has 0 aliphatic carbocycles. The summed E-state index contributed by atoms with van der Waals surface area (Å²) in [7, 11) is 3.21. The van der Waals surface area contributed by atoms with Gasteiger partial charge in [-0.25, -0.2) is 0 Å². The van der Waals surface area contributed by atoms with E-state index >= 15 is 0 Å². The minimum Gasteiger partial charge on any atom is -0.358 e. The topological polar surface area (TPSA) is 61.4 Å². The number of carbonyl (C=O) groups excluding carboxylic acids is 2. The zero-order valence-corrected chi connectivity index (χ0v) is 15.6. The van der Waals surface area contributed by atoms with Crippen LogP contribution in [-0.4, -0.2) is 43.9 Å². The van der Waals surface area contributed by atoms with Crippen molar-refractivity contribution in [1.29, 1.82) is 0 Å². The second-order valence-electron chi connectivity index (χ2n) is 6.52. The highest BCUT2D eigenvalue weighted by atomic mass is 16.2. The highest BCUT2D eigenvalue weighted by Crippen LogP contribution is 2.22. The van der Waals surface area contributed by atoms with Crippen molar-refractivity contribution >= 4 is 11.8 Å². The van der Waals surface area contributed by atoms with Gasteiger partial charge in [0.25, 0.3) is 0 Å². The zero-order chi connectivity index (χ0) is 18.1. The van der Waals surface area contributed by atoms with E-state index in [1.54, 1.807) is 14.1 Å². The predicted octanol–water partition coefficient (Wildman–Crippen LogP) is 2.13. The molecular weight excluding hydrogens is 302 g/mol. The smallest absolute Gasteiger partial charge is 0.239 e. The summed E-state index contributed by atoms with van der Waals surface area (Å²) in [6.45, 7) is 6.74. The highest BCUT2D eigenvalue weighted by Gasteiger charge is 2.18. The molecule has 1 rings (SSSR count). The molecule has 1 aromatic carbocycles. The molecule has 0 bridgehead atoms. The van der Waals surface area contributed by atoms with Crippen molar-refractivity contribution in [3.05, 3.63) is 35.4 Å². The fourth-order valence-corrected chi connectivity index (χ4v) is 2.63. The van der Waals surface area contributed by atoms with E-state index in [1.807, 2.05) is 0 Å². The number of hydrogen-bond acceptors (Lipinski definition) is 3. The van der Waals surface area contributed by atoms with E-state index in [2.05, 4.69) is 55.7 Å². The maximum atomic E-state index is 12.2. The number of rotatable bonds is 9. The number of hydrogen-bond donors (Lipinski definition) is 2. The van der Waals surface area contributed by atoms with Crippen molar-refractivity contribution in [2.45, 2.75) is 39.7 Å². The van der Waals surface area contributed by atoms with Crippen molar-refractivity contribution in [1.82, 2.24) is 15.5 Å². The Morgan fingerprint density at radius 3 is 2.29 bits per heavy atom. The van der Waals surface area contributed by atoms with E-state index in [4.69, 9.17) is 0 Å². The fourth-order valence-electron chi connectivity index (χ4n) is 2.63. The van der Waals surface area contributed by atoms with Crippen molar-refractivity contribution in [3.63, 3.8) is 0 Å². The third-order valence-corrected chi connectivity index (χ3v) is 4.10. The molecule has 1 aromatic rings. The Balaban J connectivity index is 2.66. The van der Waals surface area contributed by atoms with Gasteiger partial charge in [0.2, 0.25) is 11.8 Å². The molecule has 134 valence electrons. The van der Waals surface area contributed by atoms with Gasteiger partial charge in [0.1, 0.15) is 0 Å². The Morgan fingerprint density at radius 1 is 1.17 bits per heavy atom. The number of nitrogens with zero attached hydrogens (tertiary/aromatic N) is 1. The average Bonchev–Trinajstić information content (AvgIpc) is 2.56. The minimum atomic E-state index is -0.169. The summed E-state index contributed by atoms with van der Waals surface area (Å²) in [5.74, 6) is 0.101. The molecule has 0 aliphatic rings. The lowest BCUT2D eigenvalue weighted by Gasteiger charge is -2.24. The number of likely N-dealkylation sites (N-methyl/N-ethyl adjacent to an activating group) is 2. The molecule has 5 nitrogen and oxygen atoms in total. The first-order valence-corrected chi connectivity index (χ1v) is 8.65. The molecule has 1 atom stereocenters. The van der Waals surface area contributed by atoms with Crippen LogP contribution in [0.25, 0.3) is 0 Å². The first-order chi connectivity index (χ1) is 11.4. The van der Waals surface area contributed by atoms with E-state index < -0.39 is 0 Å². The Kier molecular flexibility index (Phi) is 8.47. The SMILES string of the molecule is CCCc1ccc([C@H](NCC(=O)N(C)CC(=O)NC)C(C)C)cc1. The standard InChI is InChI=1S/C19H31N3O2/c1-6-7-15-8-10-16(11-9-15)19(14(2)3)21-12-18(24)22(5)13-17(23)20-4/h8-11,14,19,21H,6-7,12-13H2,1-5H3,(H,20,23)/t19-/m1/s1. The molecule has 0 aliphatic heterocycles. The Labute approximate surface area is 145 Å². The lowest BCUT2D eigenvalue weighted by Crippen LogP contribution is -2.42. The number of nitrogens with one attached hydrogen (secondary N) is 2. The van der Waals surface area contributed by atoms with Crippen LogP contribution in [0.1, 0.15) is 44.4 Å². The summed E-state index contributed by atoms with van der Waals surface area (Å²) >= 11 is 0. The highest BCUT2D eigenvalue weighted by molar-refractivity contribution is 5.85. The monoisotopic (exact) mass is 333 g/mol. The van der Waals surface area contributed by atoms with E-state index in [9.17, 15) is 9.59 Å². The predicted molar refractivity (Wildman–Crippen MR) is 97.7 cm³/mol. The molecule has 2 amide bonds. The first-order valence-electron chi connectivity index (χ1n) is 8.65. The maximum absolute atomic E-state index is 12.2. The van der Waals surface area contributed by atoms with Crippen molar-refractivity contribution in [2.24, 2.45) is 5.92 Å². The van der Waals surface area contributed by atoms with E-state index in [1.165, 1.54) is 16.0 Å². The normalized spacial score (nSPS) is 12.1. The number of amides is 2. The molecular formula is C19H31N3O2. The summed E-state index contributed by atoms with van der Waals surface area (Å²) in [5, 5.41) is 5.86. The summed E-state index contributed by atoms with van der Waals surface area (Å²) in [6, 6.07) is 8.71. The van der Waals surface area contributed by atoms with Crippen LogP contribution in [0.5, 0.6) is 0 Å². The third-order valence-electron chi connectivity index (χ3n) is 4.10. The Bertz CT molecular complexity index is 526. The molecule has 24 heavy (non-hydrogen) atoms. The van der Waals surface area contributed by atoms with Crippen LogP contribution in [0.15, 0.2) is 24.3 Å². The third kappa shape index (κ3) is 6.32. The first kappa shape index (κ1) is 20.2. The van der Waals surface area contributed by atoms with Gasteiger partial charge in [-0.3, -0.25) is 9.59 Å². The zero-order valence-electron chi connectivity index (χ0n) is 15.6.